The number of hydrogen-bond acceptors (Lipinski definition) is 2. The highest BCUT2D eigenvalue weighted by molar-refractivity contribution is 5.81. The quantitative estimate of drug-likeness (QED) is 0.745. The van der Waals surface area contributed by atoms with Crippen LogP contribution in [-0.4, -0.2) is 0 Å². The summed E-state index contributed by atoms with van der Waals surface area (Å²) in [5.41, 5.74) is 12.0. The van der Waals surface area contributed by atoms with Crippen LogP contribution in [-0.2, 0) is 0 Å². The fourth-order valence-corrected chi connectivity index (χ4v) is 2.50. The molecule has 1 heterocycles. The van der Waals surface area contributed by atoms with E-state index in [2.05, 4.69) is 51.1 Å². The van der Waals surface area contributed by atoms with Crippen LogP contribution in [0, 0.1) is 20.8 Å². The van der Waals surface area contributed by atoms with Crippen LogP contribution in [0.2, 0.25) is 0 Å². The first-order chi connectivity index (χ1) is 9.56. The molecule has 0 aliphatic rings. The van der Waals surface area contributed by atoms with E-state index < -0.39 is 0 Å². The summed E-state index contributed by atoms with van der Waals surface area (Å²) in [6.07, 6.45) is 0. The Labute approximate surface area is 119 Å². The number of fused-ring (bicyclic) bond motifs is 1. The molecule has 2 nitrogen and oxygen atoms in total. The number of benzene rings is 2. The molecule has 2 N–H and O–H groups in total. The van der Waals surface area contributed by atoms with Crippen molar-refractivity contribution in [2.24, 2.45) is 5.73 Å². The zero-order valence-electron chi connectivity index (χ0n) is 12.1. The number of aryl methyl sites for hydroxylation is 3. The molecule has 2 aromatic carbocycles. The van der Waals surface area contributed by atoms with E-state index in [9.17, 15) is 0 Å². The number of para-hydroxylation sites is 1. The zero-order valence-corrected chi connectivity index (χ0v) is 12.1. The maximum atomic E-state index is 6.36. The predicted molar refractivity (Wildman–Crippen MR) is 82.9 cm³/mol. The van der Waals surface area contributed by atoms with Crippen molar-refractivity contribution in [2.45, 2.75) is 26.8 Å². The van der Waals surface area contributed by atoms with Gasteiger partial charge in [0.05, 0.1) is 6.04 Å². The largest absolute Gasteiger partial charge is 0.459 e. The minimum Gasteiger partial charge on any atom is -0.459 e. The van der Waals surface area contributed by atoms with Gasteiger partial charge >= 0.3 is 0 Å². The standard InChI is InChI=1S/C18H19NO/c1-11-7-8-14(9-13(11)3)17(19)16-10-15-6-4-5-12(2)18(15)20-16/h4-10,17H,19H2,1-3H3. The monoisotopic (exact) mass is 265 g/mol. The van der Waals surface area contributed by atoms with Gasteiger partial charge < -0.3 is 10.2 Å². The zero-order chi connectivity index (χ0) is 14.3. The third kappa shape index (κ3) is 2.12. The van der Waals surface area contributed by atoms with Gasteiger partial charge in [-0.25, -0.2) is 0 Å². The number of nitrogens with two attached hydrogens (primary N) is 1. The topological polar surface area (TPSA) is 39.2 Å². The van der Waals surface area contributed by atoms with Crippen LogP contribution in [0.1, 0.15) is 34.1 Å². The molecule has 0 saturated heterocycles. The first kappa shape index (κ1) is 12.9. The van der Waals surface area contributed by atoms with Gasteiger partial charge in [0.15, 0.2) is 0 Å². The fourth-order valence-electron chi connectivity index (χ4n) is 2.50. The third-order valence-electron chi connectivity index (χ3n) is 3.96. The summed E-state index contributed by atoms with van der Waals surface area (Å²) in [5, 5.41) is 1.11. The second-order valence-electron chi connectivity index (χ2n) is 5.46. The summed E-state index contributed by atoms with van der Waals surface area (Å²) in [7, 11) is 0. The smallest absolute Gasteiger partial charge is 0.137 e. The van der Waals surface area contributed by atoms with Crippen molar-refractivity contribution < 1.29 is 4.42 Å². The van der Waals surface area contributed by atoms with Crippen molar-refractivity contribution in [3.63, 3.8) is 0 Å². The van der Waals surface area contributed by atoms with Gasteiger partial charge in [-0.1, -0.05) is 36.4 Å². The summed E-state index contributed by atoms with van der Waals surface area (Å²) in [6, 6.07) is 14.3. The average Bonchev–Trinajstić information content (AvgIpc) is 2.86. The first-order valence-corrected chi connectivity index (χ1v) is 6.88. The Bertz CT molecular complexity index is 770. The SMILES string of the molecule is Cc1ccc(C(N)c2cc3cccc(C)c3o2)cc1C. The van der Waals surface area contributed by atoms with Crippen molar-refractivity contribution in [1.82, 2.24) is 0 Å². The number of furan rings is 1. The Morgan fingerprint density at radius 3 is 2.40 bits per heavy atom. The van der Waals surface area contributed by atoms with Crippen molar-refractivity contribution in [3.8, 4) is 0 Å². The minimum atomic E-state index is -0.221. The lowest BCUT2D eigenvalue weighted by atomic mass is 10.00. The Kier molecular flexibility index (Phi) is 3.11. The molecule has 0 aliphatic heterocycles. The maximum absolute atomic E-state index is 6.36. The van der Waals surface area contributed by atoms with Crippen LogP contribution >= 0.6 is 0 Å². The molecule has 0 radical (unpaired) electrons. The molecule has 0 fully saturated rings. The Balaban J connectivity index is 2.05. The van der Waals surface area contributed by atoms with Gasteiger partial charge in [-0.05, 0) is 49.1 Å². The summed E-state index contributed by atoms with van der Waals surface area (Å²) < 4.78 is 5.96. The molecule has 0 saturated carbocycles. The van der Waals surface area contributed by atoms with Crippen LogP contribution in [0.3, 0.4) is 0 Å². The molecule has 0 aliphatic carbocycles. The number of hydrogen-bond donors (Lipinski definition) is 1. The molecular formula is C18H19NO. The van der Waals surface area contributed by atoms with E-state index in [0.29, 0.717) is 0 Å². The van der Waals surface area contributed by atoms with Crippen LogP contribution < -0.4 is 5.73 Å². The van der Waals surface area contributed by atoms with Crippen molar-refractivity contribution in [2.75, 3.05) is 0 Å². The normalized spacial score (nSPS) is 12.8. The van der Waals surface area contributed by atoms with Crippen LogP contribution in [0.4, 0.5) is 0 Å². The van der Waals surface area contributed by atoms with Gasteiger partial charge in [-0.2, -0.15) is 0 Å². The van der Waals surface area contributed by atoms with E-state index in [1.165, 1.54) is 11.1 Å². The highest BCUT2D eigenvalue weighted by Crippen LogP contribution is 2.29. The summed E-state index contributed by atoms with van der Waals surface area (Å²) in [5.74, 6) is 0.817. The van der Waals surface area contributed by atoms with E-state index >= 15 is 0 Å². The lowest BCUT2D eigenvalue weighted by molar-refractivity contribution is 0.523. The van der Waals surface area contributed by atoms with Crippen LogP contribution in [0.25, 0.3) is 11.0 Å². The summed E-state index contributed by atoms with van der Waals surface area (Å²) in [4.78, 5) is 0. The van der Waals surface area contributed by atoms with E-state index in [-0.39, 0.29) is 6.04 Å². The Hall–Kier alpha value is -2.06. The molecule has 3 aromatic rings. The molecule has 0 spiro atoms. The van der Waals surface area contributed by atoms with E-state index in [1.807, 2.05) is 12.1 Å². The lowest BCUT2D eigenvalue weighted by Crippen LogP contribution is -2.11. The van der Waals surface area contributed by atoms with E-state index in [4.69, 9.17) is 10.2 Å². The van der Waals surface area contributed by atoms with Crippen molar-refractivity contribution in [1.29, 1.82) is 0 Å². The Morgan fingerprint density at radius 1 is 0.900 bits per heavy atom. The van der Waals surface area contributed by atoms with Gasteiger partial charge in [0.2, 0.25) is 0 Å². The van der Waals surface area contributed by atoms with Gasteiger partial charge in [-0.3, -0.25) is 0 Å². The van der Waals surface area contributed by atoms with Gasteiger partial charge in [0.1, 0.15) is 11.3 Å². The molecule has 0 bridgehead atoms. The van der Waals surface area contributed by atoms with Crippen LogP contribution in [0.15, 0.2) is 46.9 Å². The molecule has 1 aromatic heterocycles. The van der Waals surface area contributed by atoms with Crippen LogP contribution in [0.5, 0.6) is 0 Å². The second-order valence-corrected chi connectivity index (χ2v) is 5.46. The Morgan fingerprint density at radius 2 is 1.70 bits per heavy atom. The molecular weight excluding hydrogens is 246 g/mol. The number of rotatable bonds is 2. The maximum Gasteiger partial charge on any atom is 0.137 e. The van der Waals surface area contributed by atoms with Crippen molar-refractivity contribution in [3.05, 3.63) is 70.5 Å². The molecule has 3 rings (SSSR count). The third-order valence-corrected chi connectivity index (χ3v) is 3.96. The summed E-state index contributed by atoms with van der Waals surface area (Å²) in [6.45, 7) is 6.26. The second kappa shape index (κ2) is 4.80. The van der Waals surface area contributed by atoms with Gasteiger partial charge in [0, 0.05) is 5.39 Å². The van der Waals surface area contributed by atoms with Crippen molar-refractivity contribution >= 4 is 11.0 Å². The van der Waals surface area contributed by atoms with E-state index in [1.54, 1.807) is 0 Å². The van der Waals surface area contributed by atoms with Gasteiger partial charge in [0.25, 0.3) is 0 Å². The first-order valence-electron chi connectivity index (χ1n) is 6.88. The average molecular weight is 265 g/mol. The highest BCUT2D eigenvalue weighted by Gasteiger charge is 2.15. The molecule has 2 heteroatoms. The lowest BCUT2D eigenvalue weighted by Gasteiger charge is -2.11. The summed E-state index contributed by atoms with van der Waals surface area (Å²) >= 11 is 0. The van der Waals surface area contributed by atoms with E-state index in [0.717, 1.165) is 27.9 Å². The highest BCUT2D eigenvalue weighted by atomic mass is 16.3. The molecule has 1 unspecified atom stereocenters. The predicted octanol–water partition coefficient (Wildman–Crippen LogP) is 4.41. The fraction of sp³-hybridized carbons (Fsp3) is 0.222. The minimum absolute atomic E-state index is 0.221. The van der Waals surface area contributed by atoms with Gasteiger partial charge in [-0.15, -0.1) is 0 Å². The molecule has 0 amide bonds. The molecule has 20 heavy (non-hydrogen) atoms. The molecule has 1 atom stereocenters. The molecule has 102 valence electrons.